The standard InChI is InChI=1S/C4H10.C3H7NO.C3H8O.C3H6O.C3H6S/c1-4(2)3;1-3(2)4-5;3*1-3(2)4/h4H,1-3H3;5H,1-2H3;3-4H,1-2H3;2*1-2H3. The van der Waals surface area contributed by atoms with Crippen molar-refractivity contribution in [2.75, 3.05) is 0 Å². The lowest BCUT2D eigenvalue weighted by molar-refractivity contribution is -0.114. The normalized spacial score (nSPS) is 7.52. The van der Waals surface area contributed by atoms with E-state index >= 15 is 0 Å². The molecule has 0 spiro atoms. The largest absolute Gasteiger partial charge is 0.411 e. The number of rotatable bonds is 0. The third-order valence-electron chi connectivity index (χ3n) is 0.200. The zero-order valence-corrected chi connectivity index (χ0v) is 16.6. The van der Waals surface area contributed by atoms with E-state index in [1.54, 1.807) is 27.7 Å². The van der Waals surface area contributed by atoms with Crippen molar-refractivity contribution in [1.29, 1.82) is 0 Å². The van der Waals surface area contributed by atoms with Crippen LogP contribution < -0.4 is 0 Å². The number of nitrogens with zero attached hydrogens (tertiary/aromatic N) is 1. The topological polar surface area (TPSA) is 69.9 Å². The highest BCUT2D eigenvalue weighted by molar-refractivity contribution is 7.80. The zero-order chi connectivity index (χ0) is 18.6. The first-order valence-electron chi connectivity index (χ1n) is 6.98. The van der Waals surface area contributed by atoms with Gasteiger partial charge in [-0.3, -0.25) is 0 Å². The molecule has 21 heavy (non-hydrogen) atoms. The molecule has 0 radical (unpaired) electrons. The minimum atomic E-state index is -0.167. The summed E-state index contributed by atoms with van der Waals surface area (Å²) in [7, 11) is 0. The van der Waals surface area contributed by atoms with Gasteiger partial charge in [0.15, 0.2) is 0 Å². The van der Waals surface area contributed by atoms with Gasteiger partial charge in [0.1, 0.15) is 5.78 Å². The molecule has 0 aliphatic carbocycles. The summed E-state index contributed by atoms with van der Waals surface area (Å²) in [4.78, 5) is 10.4. The summed E-state index contributed by atoms with van der Waals surface area (Å²) in [5, 5.41) is 18.6. The molecule has 0 amide bonds. The van der Waals surface area contributed by atoms with Gasteiger partial charge in [-0.1, -0.05) is 38.1 Å². The lowest BCUT2D eigenvalue weighted by Crippen LogP contribution is -1.85. The van der Waals surface area contributed by atoms with E-state index in [9.17, 15) is 4.79 Å². The number of ketones is 1. The average Bonchev–Trinajstić information content (AvgIpc) is 2.13. The molecule has 0 rings (SSSR count). The fraction of sp³-hybridized carbons (Fsp3) is 0.812. The van der Waals surface area contributed by atoms with Crippen molar-refractivity contribution in [2.24, 2.45) is 11.1 Å². The Labute approximate surface area is 137 Å². The molecule has 0 saturated heterocycles. The molecule has 0 atom stereocenters. The van der Waals surface area contributed by atoms with Gasteiger partial charge in [0, 0.05) is 6.10 Å². The molecule has 0 fully saturated rings. The van der Waals surface area contributed by atoms with Gasteiger partial charge in [0.2, 0.25) is 0 Å². The number of oxime groups is 1. The van der Waals surface area contributed by atoms with Crippen LogP contribution in [0.1, 0.15) is 76.2 Å². The maximum Gasteiger partial charge on any atom is 0.126 e. The van der Waals surface area contributed by atoms with Crippen LogP contribution in [0.4, 0.5) is 0 Å². The van der Waals surface area contributed by atoms with Crippen LogP contribution in [0.2, 0.25) is 0 Å². The average molecular weight is 324 g/mol. The van der Waals surface area contributed by atoms with Gasteiger partial charge >= 0.3 is 0 Å². The van der Waals surface area contributed by atoms with Crippen LogP contribution in [0, 0.1) is 5.92 Å². The summed E-state index contributed by atoms with van der Waals surface area (Å²) < 4.78 is 0. The van der Waals surface area contributed by atoms with E-state index in [2.05, 4.69) is 38.1 Å². The van der Waals surface area contributed by atoms with Gasteiger partial charge in [-0.25, -0.2) is 0 Å². The molecule has 0 bridgehead atoms. The van der Waals surface area contributed by atoms with Crippen molar-refractivity contribution in [2.45, 2.75) is 82.3 Å². The lowest BCUT2D eigenvalue weighted by Gasteiger charge is -1.80. The van der Waals surface area contributed by atoms with E-state index in [1.165, 1.54) is 13.8 Å². The highest BCUT2D eigenvalue weighted by Gasteiger charge is 1.69. The maximum absolute atomic E-state index is 9.44. The van der Waals surface area contributed by atoms with Crippen LogP contribution in [-0.4, -0.2) is 32.8 Å². The Balaban J connectivity index is -0.0000000510. The Morgan fingerprint density at radius 1 is 0.905 bits per heavy atom. The van der Waals surface area contributed by atoms with E-state index in [-0.39, 0.29) is 11.9 Å². The summed E-state index contributed by atoms with van der Waals surface area (Å²) in [5.74, 6) is 1.00. The first kappa shape index (κ1) is 32.2. The molecule has 0 saturated carbocycles. The molecular weight excluding hydrogens is 286 g/mol. The van der Waals surface area contributed by atoms with E-state index in [4.69, 9.17) is 10.3 Å². The number of hydrogen-bond donors (Lipinski definition) is 2. The highest BCUT2D eigenvalue weighted by Crippen LogP contribution is 1.81. The van der Waals surface area contributed by atoms with Crippen LogP contribution >= 0.6 is 12.2 Å². The summed E-state index contributed by atoms with van der Waals surface area (Å²) >= 11 is 4.54. The Morgan fingerprint density at radius 2 is 0.952 bits per heavy atom. The van der Waals surface area contributed by atoms with Gasteiger partial charge < -0.3 is 15.1 Å². The molecule has 0 aromatic carbocycles. The number of thiocarbonyl (C=S) groups is 1. The van der Waals surface area contributed by atoms with E-state index < -0.39 is 0 Å². The number of Topliss-reactive ketones (excluding diaryl/α,β-unsaturated/α-hetero) is 1. The SMILES string of the molecule is CC(C)=NO.CC(C)=O.CC(C)=S.CC(C)C.CC(C)O. The van der Waals surface area contributed by atoms with Crippen LogP contribution in [-0.2, 0) is 4.79 Å². The van der Waals surface area contributed by atoms with Gasteiger partial charge in [0.25, 0.3) is 0 Å². The molecule has 4 nitrogen and oxygen atoms in total. The van der Waals surface area contributed by atoms with Crippen molar-refractivity contribution in [3.63, 3.8) is 0 Å². The molecular formula is C16H37NO3S. The van der Waals surface area contributed by atoms with Crippen molar-refractivity contribution in [3.8, 4) is 0 Å². The Hall–Kier alpha value is -0.810. The Morgan fingerprint density at radius 3 is 0.952 bits per heavy atom. The Kier molecular flexibility index (Phi) is 42.2. The molecule has 0 aliphatic heterocycles. The predicted octanol–water partition coefficient (Wildman–Crippen LogP) is 4.90. The summed E-state index contributed by atoms with van der Waals surface area (Å²) in [6, 6.07) is 0. The van der Waals surface area contributed by atoms with Crippen LogP contribution in [0.5, 0.6) is 0 Å². The number of hydrogen-bond acceptors (Lipinski definition) is 5. The molecule has 2 N–H and O–H groups in total. The third kappa shape index (κ3) is 4000. The first-order chi connectivity index (χ1) is 9.20. The molecule has 130 valence electrons. The molecule has 0 unspecified atom stereocenters. The fourth-order valence-corrected chi connectivity index (χ4v) is 0. The van der Waals surface area contributed by atoms with Gasteiger partial charge in [-0.2, -0.15) is 0 Å². The smallest absolute Gasteiger partial charge is 0.126 e. The summed E-state index contributed by atoms with van der Waals surface area (Å²) in [6.07, 6.45) is -0.167. The molecule has 5 heteroatoms. The lowest BCUT2D eigenvalue weighted by atomic mass is 10.3. The second-order valence-electron chi connectivity index (χ2n) is 5.69. The monoisotopic (exact) mass is 323 g/mol. The van der Waals surface area contributed by atoms with Gasteiger partial charge in [-0.15, -0.1) is 0 Å². The quantitative estimate of drug-likeness (QED) is 0.288. The van der Waals surface area contributed by atoms with Crippen LogP contribution in [0.3, 0.4) is 0 Å². The van der Waals surface area contributed by atoms with E-state index in [1.807, 2.05) is 13.8 Å². The van der Waals surface area contributed by atoms with Crippen LogP contribution in [0.25, 0.3) is 0 Å². The number of carbonyl (C=O) groups is 1. The second-order valence-corrected chi connectivity index (χ2v) is 6.51. The predicted molar refractivity (Wildman–Crippen MR) is 98.7 cm³/mol. The van der Waals surface area contributed by atoms with Crippen molar-refractivity contribution in [1.82, 2.24) is 0 Å². The number of aliphatic hydroxyl groups is 1. The molecule has 0 aliphatic rings. The minimum Gasteiger partial charge on any atom is -0.411 e. The number of carbonyl (C=O) groups excluding carboxylic acids is 1. The summed E-state index contributed by atoms with van der Waals surface area (Å²) in [6.45, 7) is 20.2. The maximum atomic E-state index is 9.44. The number of aliphatic hydroxyl groups excluding tert-OH is 1. The van der Waals surface area contributed by atoms with Gasteiger partial charge in [-0.05, 0) is 66.2 Å². The summed E-state index contributed by atoms with van der Waals surface area (Å²) in [5.41, 5.74) is 0.685. The zero-order valence-electron chi connectivity index (χ0n) is 15.8. The second kappa shape index (κ2) is 27.5. The molecule has 0 heterocycles. The first-order valence-corrected chi connectivity index (χ1v) is 7.39. The fourth-order valence-electron chi connectivity index (χ4n) is 0. The van der Waals surface area contributed by atoms with Crippen molar-refractivity contribution in [3.05, 3.63) is 0 Å². The minimum absolute atomic E-state index is 0.167. The highest BCUT2D eigenvalue weighted by atomic mass is 32.1. The third-order valence-corrected chi connectivity index (χ3v) is 0.200. The van der Waals surface area contributed by atoms with Crippen molar-refractivity contribution >= 4 is 28.6 Å². The Bertz CT molecular complexity index is 214. The van der Waals surface area contributed by atoms with Gasteiger partial charge in [0.05, 0.1) is 5.71 Å². The molecule has 0 aromatic rings. The van der Waals surface area contributed by atoms with Crippen LogP contribution in [0.15, 0.2) is 5.16 Å². The van der Waals surface area contributed by atoms with Crippen molar-refractivity contribution < 1.29 is 15.1 Å². The van der Waals surface area contributed by atoms with E-state index in [0.717, 1.165) is 10.8 Å². The molecule has 0 aromatic heterocycles. The van der Waals surface area contributed by atoms with E-state index in [0.29, 0.717) is 5.71 Å².